The summed E-state index contributed by atoms with van der Waals surface area (Å²) in [4.78, 5) is 22.1. The van der Waals surface area contributed by atoms with E-state index in [-0.39, 0.29) is 17.0 Å². The summed E-state index contributed by atoms with van der Waals surface area (Å²) in [7, 11) is 1.30. The minimum absolute atomic E-state index is 0.0185. The summed E-state index contributed by atoms with van der Waals surface area (Å²) < 4.78 is 5.06. The molecule has 0 fully saturated rings. The Labute approximate surface area is 207 Å². The Kier molecular flexibility index (Phi) is 8.73. The average molecular weight is 503 g/mol. The lowest BCUT2D eigenvalue weighted by Crippen LogP contribution is -2.05. The molecule has 0 spiro atoms. The van der Waals surface area contributed by atoms with Gasteiger partial charge in [-0.15, -0.1) is 0 Å². The molecular weight excluding hydrogens is 479 g/mol. The third-order valence-electron chi connectivity index (χ3n) is 5.39. The summed E-state index contributed by atoms with van der Waals surface area (Å²) in [5.74, 6) is -1.29. The third-order valence-corrected chi connectivity index (χ3v) is 6.13. The number of ether oxygens (including phenoxy) is 1. The van der Waals surface area contributed by atoms with E-state index in [0.717, 1.165) is 38.2 Å². The Morgan fingerprint density at radius 2 is 1.62 bits per heavy atom. The van der Waals surface area contributed by atoms with Crippen molar-refractivity contribution in [2.45, 2.75) is 32.1 Å². The van der Waals surface area contributed by atoms with Crippen molar-refractivity contribution in [2.24, 2.45) is 0 Å². The van der Waals surface area contributed by atoms with Crippen molar-refractivity contribution in [2.75, 3.05) is 12.4 Å². The molecule has 9 heteroatoms. The fourth-order valence-corrected chi connectivity index (χ4v) is 3.92. The molecule has 0 aliphatic carbocycles. The van der Waals surface area contributed by atoms with E-state index in [1.54, 1.807) is 0 Å². The molecule has 3 aromatic rings. The Bertz CT molecular complexity index is 1180. The highest BCUT2D eigenvalue weighted by Crippen LogP contribution is 2.34. The smallest absolute Gasteiger partial charge is 0.338 e. The van der Waals surface area contributed by atoms with E-state index in [1.165, 1.54) is 24.3 Å². The highest BCUT2D eigenvalue weighted by Gasteiger charge is 2.22. The van der Waals surface area contributed by atoms with Gasteiger partial charge < -0.3 is 15.2 Å². The van der Waals surface area contributed by atoms with Gasteiger partial charge in [-0.2, -0.15) is 0 Å². The predicted octanol–water partition coefficient (Wildman–Crippen LogP) is 7.31. The predicted molar refractivity (Wildman–Crippen MR) is 134 cm³/mol. The van der Waals surface area contributed by atoms with E-state index in [4.69, 9.17) is 27.9 Å². The van der Waals surface area contributed by atoms with E-state index < -0.39 is 16.6 Å². The molecule has 178 valence electrons. The van der Waals surface area contributed by atoms with Gasteiger partial charge in [0, 0.05) is 17.8 Å². The second-order valence-corrected chi connectivity index (χ2v) is 8.58. The number of nitro groups is 1. The Balaban J connectivity index is 1.56. The van der Waals surface area contributed by atoms with Crippen LogP contribution in [0.2, 0.25) is 10.0 Å². The van der Waals surface area contributed by atoms with E-state index in [1.807, 2.05) is 42.5 Å². The molecule has 0 atom stereocenters. The lowest BCUT2D eigenvalue weighted by Gasteiger charge is -2.12. The summed E-state index contributed by atoms with van der Waals surface area (Å²) in [5.41, 5.74) is 2.61. The Morgan fingerprint density at radius 3 is 2.21 bits per heavy atom. The van der Waals surface area contributed by atoms with Crippen molar-refractivity contribution < 1.29 is 19.6 Å². The number of halogens is 2. The second kappa shape index (κ2) is 11.7. The fraction of sp³-hybridized carbons (Fsp3) is 0.240. The monoisotopic (exact) mass is 502 g/mol. The first-order valence-corrected chi connectivity index (χ1v) is 11.4. The number of nitrogens with one attached hydrogen (secondary N) is 1. The van der Waals surface area contributed by atoms with Crippen LogP contribution < -0.4 is 10.1 Å². The molecule has 3 aromatic carbocycles. The van der Waals surface area contributed by atoms with Crippen molar-refractivity contribution in [3.05, 3.63) is 91.4 Å². The normalized spacial score (nSPS) is 10.7. The van der Waals surface area contributed by atoms with Crippen LogP contribution in [0.1, 0.15) is 40.7 Å². The van der Waals surface area contributed by atoms with Crippen molar-refractivity contribution in [1.29, 1.82) is 0 Å². The topological polar surface area (TPSA) is 102 Å². The van der Waals surface area contributed by atoms with Crippen LogP contribution in [0.25, 0.3) is 0 Å². The maximum absolute atomic E-state index is 11.6. The molecule has 0 saturated heterocycles. The first-order valence-electron chi connectivity index (χ1n) is 10.7. The molecule has 0 aliphatic heterocycles. The lowest BCUT2D eigenvalue weighted by molar-refractivity contribution is -0.385. The number of nitro benzene ring substituents is 1. The van der Waals surface area contributed by atoms with E-state index >= 15 is 0 Å². The number of carboxylic acid groups (broad SMARTS) is 1. The molecule has 0 bridgehead atoms. The largest absolute Gasteiger partial charge is 0.490 e. The number of hydrogen-bond acceptors (Lipinski definition) is 5. The van der Waals surface area contributed by atoms with Gasteiger partial charge in [-0.25, -0.2) is 4.79 Å². The highest BCUT2D eigenvalue weighted by atomic mass is 35.5. The van der Waals surface area contributed by atoms with Crippen LogP contribution >= 0.6 is 23.2 Å². The maximum Gasteiger partial charge on any atom is 0.338 e. The van der Waals surface area contributed by atoms with Gasteiger partial charge >= 0.3 is 11.7 Å². The number of benzene rings is 3. The number of anilines is 2. The molecule has 0 amide bonds. The summed E-state index contributed by atoms with van der Waals surface area (Å²) >= 11 is 12.0. The molecule has 7 nitrogen and oxygen atoms in total. The third kappa shape index (κ3) is 6.62. The minimum atomic E-state index is -1.27. The van der Waals surface area contributed by atoms with Gasteiger partial charge in [-0.05, 0) is 61.1 Å². The van der Waals surface area contributed by atoms with E-state index in [0.29, 0.717) is 15.7 Å². The highest BCUT2D eigenvalue weighted by molar-refractivity contribution is 6.42. The van der Waals surface area contributed by atoms with Crippen LogP contribution in [0.3, 0.4) is 0 Å². The molecule has 3 rings (SSSR count). The molecule has 0 aromatic heterocycles. The van der Waals surface area contributed by atoms with Gasteiger partial charge in [0.2, 0.25) is 0 Å². The number of aryl methyl sites for hydroxylation is 2. The zero-order valence-corrected chi connectivity index (χ0v) is 20.0. The van der Waals surface area contributed by atoms with Gasteiger partial charge in [0.05, 0.1) is 33.3 Å². The first-order chi connectivity index (χ1) is 16.3. The SMILES string of the molecule is COc1cc(Nc2ccc(CCCCCc3ccc(Cl)c(Cl)c3)cc2)c(C(=O)O)cc1[N+](=O)[O-]. The van der Waals surface area contributed by atoms with Crippen LogP contribution in [-0.2, 0) is 12.8 Å². The van der Waals surface area contributed by atoms with Crippen LogP contribution in [0.5, 0.6) is 5.75 Å². The summed E-state index contributed by atoms with van der Waals surface area (Å²) in [6.45, 7) is 0. The standard InChI is InChI=1S/C25H24Cl2N2O5/c1-34-24-15-22(19(25(30)31)14-23(24)29(32)33)28-18-10-7-16(8-11-18)5-3-2-4-6-17-9-12-20(26)21(27)13-17/h7-15,28H,2-6H2,1H3,(H,30,31). The summed E-state index contributed by atoms with van der Waals surface area (Å²) in [5, 5.41) is 24.8. The first kappa shape index (κ1) is 25.3. The number of methoxy groups -OCH3 is 1. The van der Waals surface area contributed by atoms with Crippen molar-refractivity contribution >= 4 is 46.2 Å². The number of carbonyl (C=O) groups is 1. The number of rotatable bonds is 11. The van der Waals surface area contributed by atoms with Crippen LogP contribution in [0.15, 0.2) is 54.6 Å². The van der Waals surface area contributed by atoms with Gasteiger partial charge in [0.1, 0.15) is 0 Å². The van der Waals surface area contributed by atoms with Crippen molar-refractivity contribution in [3.8, 4) is 5.75 Å². The van der Waals surface area contributed by atoms with Gasteiger partial charge in [-0.3, -0.25) is 10.1 Å². The number of hydrogen-bond donors (Lipinski definition) is 2. The molecule has 0 radical (unpaired) electrons. The zero-order valence-electron chi connectivity index (χ0n) is 18.5. The number of aromatic carboxylic acids is 1. The Morgan fingerprint density at radius 1 is 0.971 bits per heavy atom. The van der Waals surface area contributed by atoms with Crippen LogP contribution in [0.4, 0.5) is 17.1 Å². The fourth-order valence-electron chi connectivity index (χ4n) is 3.60. The molecule has 0 unspecified atom stereocenters. The number of unbranched alkanes of at least 4 members (excludes halogenated alkanes) is 2. The van der Waals surface area contributed by atoms with Gasteiger partial charge in [-0.1, -0.05) is 47.8 Å². The quantitative estimate of drug-likeness (QED) is 0.162. The second-order valence-electron chi connectivity index (χ2n) is 7.76. The summed E-state index contributed by atoms with van der Waals surface area (Å²) in [6.07, 6.45) is 5.04. The minimum Gasteiger partial charge on any atom is -0.490 e. The molecular formula is C25H24Cl2N2O5. The summed E-state index contributed by atoms with van der Waals surface area (Å²) in [6, 6.07) is 15.7. The van der Waals surface area contributed by atoms with E-state index in [2.05, 4.69) is 5.32 Å². The molecule has 2 N–H and O–H groups in total. The van der Waals surface area contributed by atoms with Gasteiger partial charge in [0.15, 0.2) is 5.75 Å². The van der Waals surface area contributed by atoms with Crippen molar-refractivity contribution in [1.82, 2.24) is 0 Å². The van der Waals surface area contributed by atoms with Crippen LogP contribution in [0, 0.1) is 10.1 Å². The average Bonchev–Trinajstić information content (AvgIpc) is 2.81. The molecule has 0 aliphatic rings. The Hall–Kier alpha value is -3.29. The number of carboxylic acids is 1. The molecule has 0 saturated carbocycles. The van der Waals surface area contributed by atoms with Gasteiger partial charge in [0.25, 0.3) is 0 Å². The van der Waals surface area contributed by atoms with E-state index in [9.17, 15) is 20.0 Å². The number of nitrogens with zero attached hydrogens (tertiary/aromatic N) is 1. The van der Waals surface area contributed by atoms with Crippen molar-refractivity contribution in [3.63, 3.8) is 0 Å². The zero-order chi connectivity index (χ0) is 24.7. The molecule has 0 heterocycles. The molecule has 34 heavy (non-hydrogen) atoms. The van der Waals surface area contributed by atoms with Crippen LogP contribution in [-0.4, -0.2) is 23.1 Å². The lowest BCUT2D eigenvalue weighted by atomic mass is 10.0. The maximum atomic E-state index is 11.6.